The average molecular weight is 181 g/mol. The molecule has 0 aromatic carbocycles. The summed E-state index contributed by atoms with van der Waals surface area (Å²) in [5, 5.41) is 7.31. The van der Waals surface area contributed by atoms with Crippen LogP contribution >= 0.6 is 0 Å². The van der Waals surface area contributed by atoms with Gasteiger partial charge in [0.25, 0.3) is 0 Å². The molecule has 0 spiro atoms. The van der Waals surface area contributed by atoms with Crippen LogP contribution in [0.1, 0.15) is 25.7 Å². The summed E-state index contributed by atoms with van der Waals surface area (Å²) in [5.74, 6) is 0. The van der Waals surface area contributed by atoms with Gasteiger partial charge >= 0.3 is 0 Å². The third kappa shape index (κ3) is 4.68. The van der Waals surface area contributed by atoms with Crippen LogP contribution in [-0.4, -0.2) is 23.4 Å². The molecule has 0 bridgehead atoms. The Morgan fingerprint density at radius 3 is 2.77 bits per heavy atom. The fraction of sp³-hybridized carbons (Fsp3) is 0.700. The third-order valence-corrected chi connectivity index (χ3v) is 2.12. The Labute approximate surface area is 80.1 Å². The van der Waals surface area contributed by atoms with Crippen molar-refractivity contribution in [3.8, 4) is 0 Å². The molecule has 1 rings (SSSR count). The minimum absolute atomic E-state index is 1.06. The SMILES string of the molecule is CNCCCCCCn1cccn1. The van der Waals surface area contributed by atoms with Gasteiger partial charge in [0, 0.05) is 18.9 Å². The van der Waals surface area contributed by atoms with Crippen molar-refractivity contribution in [1.82, 2.24) is 15.1 Å². The first-order valence-corrected chi connectivity index (χ1v) is 5.05. The Hall–Kier alpha value is -0.830. The predicted octanol–water partition coefficient (Wildman–Crippen LogP) is 1.66. The van der Waals surface area contributed by atoms with Crippen molar-refractivity contribution in [2.75, 3.05) is 13.6 Å². The molecule has 0 unspecified atom stereocenters. The number of hydrogen-bond acceptors (Lipinski definition) is 2. The highest BCUT2D eigenvalue weighted by atomic mass is 15.3. The number of nitrogens with zero attached hydrogens (tertiary/aromatic N) is 2. The largest absolute Gasteiger partial charge is 0.320 e. The lowest BCUT2D eigenvalue weighted by molar-refractivity contribution is 0.531. The molecule has 74 valence electrons. The first kappa shape index (κ1) is 10.3. The number of hydrogen-bond donors (Lipinski definition) is 1. The van der Waals surface area contributed by atoms with E-state index in [0.29, 0.717) is 0 Å². The van der Waals surface area contributed by atoms with Crippen LogP contribution < -0.4 is 5.32 Å². The maximum atomic E-state index is 4.15. The molecule has 3 heteroatoms. The molecule has 13 heavy (non-hydrogen) atoms. The summed E-state index contributed by atoms with van der Waals surface area (Å²) in [5.41, 5.74) is 0. The first-order chi connectivity index (χ1) is 6.43. The van der Waals surface area contributed by atoms with E-state index < -0.39 is 0 Å². The Kier molecular flexibility index (Phi) is 5.25. The Morgan fingerprint density at radius 2 is 2.08 bits per heavy atom. The van der Waals surface area contributed by atoms with E-state index in [-0.39, 0.29) is 0 Å². The van der Waals surface area contributed by atoms with Crippen molar-refractivity contribution >= 4 is 0 Å². The van der Waals surface area contributed by atoms with E-state index in [9.17, 15) is 0 Å². The van der Waals surface area contributed by atoms with Crippen molar-refractivity contribution in [3.05, 3.63) is 18.5 Å². The molecular weight excluding hydrogens is 162 g/mol. The van der Waals surface area contributed by atoms with Crippen LogP contribution in [-0.2, 0) is 6.54 Å². The topological polar surface area (TPSA) is 29.9 Å². The highest BCUT2D eigenvalue weighted by Gasteiger charge is 1.91. The fourth-order valence-electron chi connectivity index (χ4n) is 1.36. The van der Waals surface area contributed by atoms with Gasteiger partial charge in [0.05, 0.1) is 0 Å². The summed E-state index contributed by atoms with van der Waals surface area (Å²) in [6.07, 6.45) is 9.01. The highest BCUT2D eigenvalue weighted by molar-refractivity contribution is 4.77. The van der Waals surface area contributed by atoms with Gasteiger partial charge in [-0.1, -0.05) is 12.8 Å². The number of rotatable bonds is 7. The van der Waals surface area contributed by atoms with Crippen LogP contribution in [0.2, 0.25) is 0 Å². The molecule has 3 nitrogen and oxygen atoms in total. The zero-order valence-electron chi connectivity index (χ0n) is 8.37. The van der Waals surface area contributed by atoms with Crippen LogP contribution in [0.25, 0.3) is 0 Å². The van der Waals surface area contributed by atoms with Crippen LogP contribution in [0.5, 0.6) is 0 Å². The van der Waals surface area contributed by atoms with E-state index >= 15 is 0 Å². The molecule has 0 saturated carbocycles. The van der Waals surface area contributed by atoms with Crippen LogP contribution in [0.3, 0.4) is 0 Å². The fourth-order valence-corrected chi connectivity index (χ4v) is 1.36. The van der Waals surface area contributed by atoms with E-state index in [0.717, 1.165) is 13.1 Å². The van der Waals surface area contributed by atoms with Crippen molar-refractivity contribution in [2.45, 2.75) is 32.2 Å². The van der Waals surface area contributed by atoms with Crippen LogP contribution in [0.4, 0.5) is 0 Å². The molecule has 0 atom stereocenters. The second kappa shape index (κ2) is 6.66. The normalized spacial score (nSPS) is 10.5. The highest BCUT2D eigenvalue weighted by Crippen LogP contribution is 2.00. The molecule has 0 saturated heterocycles. The summed E-state index contributed by atoms with van der Waals surface area (Å²) < 4.78 is 2.00. The van der Waals surface area contributed by atoms with Gasteiger partial charge in [-0.15, -0.1) is 0 Å². The van der Waals surface area contributed by atoms with Gasteiger partial charge in [-0.05, 0) is 32.5 Å². The molecule has 1 N–H and O–H groups in total. The number of aromatic nitrogens is 2. The summed E-state index contributed by atoms with van der Waals surface area (Å²) in [7, 11) is 2.00. The van der Waals surface area contributed by atoms with Gasteiger partial charge in [-0.2, -0.15) is 5.10 Å². The zero-order chi connectivity index (χ0) is 9.36. The van der Waals surface area contributed by atoms with E-state index in [1.807, 2.05) is 30.2 Å². The summed E-state index contributed by atoms with van der Waals surface area (Å²) in [6, 6.07) is 1.97. The Morgan fingerprint density at radius 1 is 1.23 bits per heavy atom. The minimum Gasteiger partial charge on any atom is -0.320 e. The molecule has 0 amide bonds. The summed E-state index contributed by atoms with van der Waals surface area (Å²) in [4.78, 5) is 0. The molecule has 0 radical (unpaired) electrons. The average Bonchev–Trinajstić information content (AvgIpc) is 2.63. The lowest BCUT2D eigenvalue weighted by Gasteiger charge is -2.01. The Bertz CT molecular complexity index is 194. The second-order valence-corrected chi connectivity index (χ2v) is 3.29. The van der Waals surface area contributed by atoms with Gasteiger partial charge in [0.15, 0.2) is 0 Å². The molecular formula is C10H19N3. The smallest absolute Gasteiger partial charge is 0.0489 e. The number of nitrogens with one attached hydrogen (secondary N) is 1. The van der Waals surface area contributed by atoms with Crippen LogP contribution in [0.15, 0.2) is 18.5 Å². The third-order valence-electron chi connectivity index (χ3n) is 2.12. The lowest BCUT2D eigenvalue weighted by Crippen LogP contribution is -2.07. The second-order valence-electron chi connectivity index (χ2n) is 3.29. The molecule has 1 heterocycles. The number of aryl methyl sites for hydroxylation is 1. The van der Waals surface area contributed by atoms with Gasteiger partial charge in [-0.25, -0.2) is 0 Å². The van der Waals surface area contributed by atoms with Gasteiger partial charge in [-0.3, -0.25) is 4.68 Å². The molecule has 0 fully saturated rings. The van der Waals surface area contributed by atoms with Crippen molar-refractivity contribution in [1.29, 1.82) is 0 Å². The predicted molar refractivity (Wildman–Crippen MR) is 54.6 cm³/mol. The first-order valence-electron chi connectivity index (χ1n) is 5.05. The molecule has 0 aliphatic rings. The zero-order valence-corrected chi connectivity index (χ0v) is 8.37. The van der Waals surface area contributed by atoms with Gasteiger partial charge in [0.2, 0.25) is 0 Å². The lowest BCUT2D eigenvalue weighted by atomic mass is 10.2. The van der Waals surface area contributed by atoms with Crippen molar-refractivity contribution < 1.29 is 0 Å². The molecule has 0 aliphatic heterocycles. The van der Waals surface area contributed by atoms with E-state index in [1.54, 1.807) is 0 Å². The van der Waals surface area contributed by atoms with Crippen molar-refractivity contribution in [2.24, 2.45) is 0 Å². The standard InChI is InChI=1S/C10H19N3/c1-11-7-4-2-3-5-9-13-10-6-8-12-13/h6,8,10-11H,2-5,7,9H2,1H3. The monoisotopic (exact) mass is 181 g/mol. The van der Waals surface area contributed by atoms with E-state index in [4.69, 9.17) is 0 Å². The van der Waals surface area contributed by atoms with Crippen molar-refractivity contribution in [3.63, 3.8) is 0 Å². The van der Waals surface area contributed by atoms with E-state index in [2.05, 4.69) is 10.4 Å². The quantitative estimate of drug-likeness (QED) is 0.648. The molecule has 1 aromatic heterocycles. The Balaban J connectivity index is 1.90. The summed E-state index contributed by atoms with van der Waals surface area (Å²) >= 11 is 0. The van der Waals surface area contributed by atoms with Gasteiger partial charge in [0.1, 0.15) is 0 Å². The minimum atomic E-state index is 1.06. The maximum absolute atomic E-state index is 4.15. The van der Waals surface area contributed by atoms with E-state index in [1.165, 1.54) is 25.7 Å². The number of unbranched alkanes of at least 4 members (excludes halogenated alkanes) is 3. The maximum Gasteiger partial charge on any atom is 0.0489 e. The molecule has 1 aromatic rings. The van der Waals surface area contributed by atoms with Gasteiger partial charge < -0.3 is 5.32 Å². The molecule has 0 aliphatic carbocycles. The van der Waals surface area contributed by atoms with Crippen LogP contribution in [0, 0.1) is 0 Å². The summed E-state index contributed by atoms with van der Waals surface area (Å²) in [6.45, 7) is 2.20.